The second-order valence-corrected chi connectivity index (χ2v) is 15.9. The molecule has 11 rings (SSSR count). The standard InChI is InChI=1S/C57H42N2O/c1-37-32-44(30-31-46(37)40-16-6-4-7-17-40)58(55-34-38(2)50(33-39(55)3)41-18-8-5-9-19-41)45-35-51(57-52(36-45)49-22-12-15-25-56(49)60-57)42-26-28-43(29-27-42)59-53-23-13-10-20-47(53)48-21-11-14-24-54(48)59/h4-36H,1-3H3. The van der Waals surface area contributed by atoms with Crippen molar-refractivity contribution in [3.05, 3.63) is 217 Å². The average molecular weight is 771 g/mol. The zero-order valence-electron chi connectivity index (χ0n) is 33.9. The van der Waals surface area contributed by atoms with Gasteiger partial charge in [-0.05, 0) is 132 Å². The summed E-state index contributed by atoms with van der Waals surface area (Å²) in [6.07, 6.45) is 0. The van der Waals surface area contributed by atoms with Gasteiger partial charge in [-0.1, -0.05) is 133 Å². The molecule has 0 unspecified atom stereocenters. The van der Waals surface area contributed by atoms with Gasteiger partial charge in [-0.3, -0.25) is 0 Å². The molecule has 0 atom stereocenters. The number of anilines is 3. The van der Waals surface area contributed by atoms with Crippen molar-refractivity contribution in [1.29, 1.82) is 0 Å². The number of hydrogen-bond acceptors (Lipinski definition) is 2. The van der Waals surface area contributed by atoms with Gasteiger partial charge >= 0.3 is 0 Å². The molecule has 0 amide bonds. The van der Waals surface area contributed by atoms with Crippen molar-refractivity contribution in [2.75, 3.05) is 4.90 Å². The highest BCUT2D eigenvalue weighted by Crippen LogP contribution is 2.46. The topological polar surface area (TPSA) is 21.3 Å². The second-order valence-electron chi connectivity index (χ2n) is 15.9. The van der Waals surface area contributed by atoms with Crippen LogP contribution in [0.2, 0.25) is 0 Å². The van der Waals surface area contributed by atoms with Crippen molar-refractivity contribution in [2.24, 2.45) is 0 Å². The minimum absolute atomic E-state index is 0.877. The molecule has 3 nitrogen and oxygen atoms in total. The molecule has 11 aromatic rings. The predicted molar refractivity (Wildman–Crippen MR) is 253 cm³/mol. The molecule has 0 saturated carbocycles. The molecule has 0 saturated heterocycles. The molecule has 2 heterocycles. The summed E-state index contributed by atoms with van der Waals surface area (Å²) in [6, 6.07) is 72.3. The maximum absolute atomic E-state index is 6.77. The summed E-state index contributed by atoms with van der Waals surface area (Å²) in [5, 5.41) is 4.69. The van der Waals surface area contributed by atoms with Crippen LogP contribution in [0.3, 0.4) is 0 Å². The van der Waals surface area contributed by atoms with Crippen LogP contribution in [0.1, 0.15) is 16.7 Å². The molecule has 0 radical (unpaired) electrons. The quantitative estimate of drug-likeness (QED) is 0.161. The molecule has 3 heteroatoms. The molecule has 0 bridgehead atoms. The summed E-state index contributed by atoms with van der Waals surface area (Å²) in [5.74, 6) is 0. The Kier molecular flexibility index (Phi) is 8.49. The number of fused-ring (bicyclic) bond motifs is 6. The highest BCUT2D eigenvalue weighted by molar-refractivity contribution is 6.12. The van der Waals surface area contributed by atoms with Crippen molar-refractivity contribution in [3.8, 4) is 39.1 Å². The van der Waals surface area contributed by atoms with Crippen LogP contribution in [-0.4, -0.2) is 4.57 Å². The van der Waals surface area contributed by atoms with E-state index < -0.39 is 0 Å². The zero-order valence-corrected chi connectivity index (χ0v) is 33.9. The molecule has 0 aliphatic carbocycles. The lowest BCUT2D eigenvalue weighted by molar-refractivity contribution is 0.670. The van der Waals surface area contributed by atoms with Crippen molar-refractivity contribution < 1.29 is 4.42 Å². The van der Waals surface area contributed by atoms with Crippen LogP contribution < -0.4 is 4.90 Å². The Labute approximate surface area is 350 Å². The maximum atomic E-state index is 6.77. The second kappa shape index (κ2) is 14.3. The number of rotatable bonds is 7. The van der Waals surface area contributed by atoms with Crippen LogP contribution in [-0.2, 0) is 0 Å². The third kappa shape index (κ3) is 5.89. The van der Waals surface area contributed by atoms with E-state index in [4.69, 9.17) is 4.42 Å². The SMILES string of the molecule is Cc1cc(N(c2cc(-c3ccc(-n4c5ccccc5c5ccccc54)cc3)c3oc4ccccc4c3c2)c2cc(C)c(-c3ccccc3)cc2C)ccc1-c1ccccc1. The van der Waals surface area contributed by atoms with Crippen molar-refractivity contribution in [2.45, 2.75) is 20.8 Å². The minimum atomic E-state index is 0.877. The fraction of sp³-hybridized carbons (Fsp3) is 0.0526. The number of aryl methyl sites for hydroxylation is 3. The summed E-state index contributed by atoms with van der Waals surface area (Å²) in [4.78, 5) is 2.44. The van der Waals surface area contributed by atoms with E-state index in [1.54, 1.807) is 0 Å². The molecule has 2 aromatic heterocycles. The Morgan fingerprint density at radius 1 is 0.383 bits per heavy atom. The molecule has 60 heavy (non-hydrogen) atoms. The molecular formula is C57H42N2O. The first-order valence-corrected chi connectivity index (χ1v) is 20.7. The van der Waals surface area contributed by atoms with E-state index in [0.717, 1.165) is 55.8 Å². The molecule has 0 fully saturated rings. The number of nitrogens with zero attached hydrogens (tertiary/aromatic N) is 2. The van der Waals surface area contributed by atoms with Crippen LogP contribution in [0.25, 0.3) is 82.8 Å². The number of furan rings is 1. The normalized spacial score (nSPS) is 11.6. The highest BCUT2D eigenvalue weighted by Gasteiger charge is 2.23. The molecule has 9 aromatic carbocycles. The van der Waals surface area contributed by atoms with Gasteiger partial charge in [0, 0.05) is 49.9 Å². The first kappa shape index (κ1) is 35.5. The maximum Gasteiger partial charge on any atom is 0.143 e. The first-order chi connectivity index (χ1) is 29.5. The Hall–Kier alpha value is -7.62. The van der Waals surface area contributed by atoms with Gasteiger partial charge in [0.2, 0.25) is 0 Å². The van der Waals surface area contributed by atoms with E-state index in [2.05, 4.69) is 230 Å². The Bertz CT molecular complexity index is 3340. The van der Waals surface area contributed by atoms with E-state index in [9.17, 15) is 0 Å². The van der Waals surface area contributed by atoms with Crippen LogP contribution in [0, 0.1) is 20.8 Å². The monoisotopic (exact) mass is 770 g/mol. The summed E-state index contributed by atoms with van der Waals surface area (Å²) < 4.78 is 9.14. The number of aromatic nitrogens is 1. The van der Waals surface area contributed by atoms with Gasteiger partial charge in [0.1, 0.15) is 11.2 Å². The van der Waals surface area contributed by atoms with Crippen molar-refractivity contribution in [3.63, 3.8) is 0 Å². The summed E-state index contributed by atoms with van der Waals surface area (Å²) in [7, 11) is 0. The number of para-hydroxylation sites is 3. The van der Waals surface area contributed by atoms with Gasteiger partial charge in [-0.25, -0.2) is 0 Å². The molecule has 0 aliphatic rings. The zero-order chi connectivity index (χ0) is 40.3. The van der Waals surface area contributed by atoms with Crippen LogP contribution in [0.15, 0.2) is 205 Å². The third-order valence-corrected chi connectivity index (χ3v) is 12.2. The van der Waals surface area contributed by atoms with Crippen molar-refractivity contribution in [1.82, 2.24) is 4.57 Å². The van der Waals surface area contributed by atoms with Crippen LogP contribution >= 0.6 is 0 Å². The number of benzene rings is 9. The van der Waals surface area contributed by atoms with Crippen LogP contribution in [0.4, 0.5) is 17.1 Å². The Morgan fingerprint density at radius 3 is 1.62 bits per heavy atom. The van der Waals surface area contributed by atoms with Crippen molar-refractivity contribution >= 4 is 60.8 Å². The lowest BCUT2D eigenvalue weighted by Crippen LogP contribution is -2.12. The fourth-order valence-electron chi connectivity index (χ4n) is 9.27. The van der Waals surface area contributed by atoms with Gasteiger partial charge in [0.05, 0.1) is 11.0 Å². The lowest BCUT2D eigenvalue weighted by atomic mass is 9.95. The van der Waals surface area contributed by atoms with E-state index in [1.807, 2.05) is 0 Å². The highest BCUT2D eigenvalue weighted by atomic mass is 16.3. The lowest BCUT2D eigenvalue weighted by Gasteiger charge is -2.29. The summed E-state index contributed by atoms with van der Waals surface area (Å²) in [6.45, 7) is 6.68. The molecule has 286 valence electrons. The van der Waals surface area contributed by atoms with Gasteiger partial charge in [0.15, 0.2) is 0 Å². The van der Waals surface area contributed by atoms with E-state index in [1.165, 1.54) is 60.8 Å². The third-order valence-electron chi connectivity index (χ3n) is 12.2. The number of hydrogen-bond donors (Lipinski definition) is 0. The van der Waals surface area contributed by atoms with E-state index in [0.29, 0.717) is 0 Å². The van der Waals surface area contributed by atoms with Crippen LogP contribution in [0.5, 0.6) is 0 Å². The van der Waals surface area contributed by atoms with Gasteiger partial charge in [0.25, 0.3) is 0 Å². The minimum Gasteiger partial charge on any atom is -0.455 e. The fourth-order valence-corrected chi connectivity index (χ4v) is 9.27. The Morgan fingerprint density at radius 2 is 0.950 bits per heavy atom. The molecule has 0 spiro atoms. The van der Waals surface area contributed by atoms with E-state index in [-0.39, 0.29) is 0 Å². The predicted octanol–water partition coefficient (Wildman–Crippen LogP) is 16.1. The van der Waals surface area contributed by atoms with Gasteiger partial charge < -0.3 is 13.9 Å². The van der Waals surface area contributed by atoms with Gasteiger partial charge in [-0.15, -0.1) is 0 Å². The smallest absolute Gasteiger partial charge is 0.143 e. The molecule has 0 N–H and O–H groups in total. The average Bonchev–Trinajstić information content (AvgIpc) is 3.84. The largest absolute Gasteiger partial charge is 0.455 e. The van der Waals surface area contributed by atoms with Gasteiger partial charge in [-0.2, -0.15) is 0 Å². The Balaban J connectivity index is 1.12. The first-order valence-electron chi connectivity index (χ1n) is 20.7. The van der Waals surface area contributed by atoms with E-state index >= 15 is 0 Å². The molecular weight excluding hydrogens is 729 g/mol. The molecule has 0 aliphatic heterocycles. The summed E-state index contributed by atoms with van der Waals surface area (Å²) >= 11 is 0. The summed E-state index contributed by atoms with van der Waals surface area (Å²) in [5.41, 5.74) is 19.2.